The van der Waals surface area contributed by atoms with Gasteiger partial charge in [-0.25, -0.2) is 9.97 Å². The predicted octanol–water partition coefficient (Wildman–Crippen LogP) is 4.28. The molecular weight excluding hydrogens is 536 g/mol. The van der Waals surface area contributed by atoms with Crippen LogP contribution in [0.5, 0.6) is 0 Å². The lowest BCUT2D eigenvalue weighted by atomic mass is 10.1. The fraction of sp³-hybridized carbons (Fsp3) is 0. The van der Waals surface area contributed by atoms with Gasteiger partial charge in [-0.2, -0.15) is 0 Å². The number of hydrogen-bond donors (Lipinski definition) is 4. The van der Waals surface area contributed by atoms with Gasteiger partial charge in [-0.15, -0.1) is 0 Å². The van der Waals surface area contributed by atoms with Crippen LogP contribution in [0.4, 0.5) is 23.3 Å². The molecule has 0 bridgehead atoms. The van der Waals surface area contributed by atoms with Crippen LogP contribution in [0, 0.1) is 0 Å². The molecule has 4 heterocycles. The Morgan fingerprint density at radius 2 is 0.810 bits per heavy atom. The highest BCUT2D eigenvalue weighted by Gasteiger charge is 2.14. The van der Waals surface area contributed by atoms with Crippen molar-refractivity contribution in [1.29, 1.82) is 0 Å². The average Bonchev–Trinajstić information content (AvgIpc) is 3.02. The van der Waals surface area contributed by atoms with Crippen LogP contribution >= 0.6 is 0 Å². The van der Waals surface area contributed by atoms with Crippen LogP contribution in [0.3, 0.4) is 0 Å². The van der Waals surface area contributed by atoms with Gasteiger partial charge < -0.3 is 21.3 Å². The molecule has 4 N–H and O–H groups in total. The van der Waals surface area contributed by atoms with Crippen LogP contribution in [0.2, 0.25) is 0 Å². The largest absolute Gasteiger partial charge is 0.306 e. The highest BCUT2D eigenvalue weighted by Crippen LogP contribution is 2.15. The first-order valence-electron chi connectivity index (χ1n) is 12.6. The SMILES string of the molecule is O=C(Nc1cccc(NC(=O)c2ccccn2)n1)c1cccc(C(=O)Nc2cccc(NC(=O)c3ccccn3)n2)c1. The zero-order chi connectivity index (χ0) is 29.3. The van der Waals surface area contributed by atoms with Crippen molar-refractivity contribution in [3.8, 4) is 0 Å². The summed E-state index contributed by atoms with van der Waals surface area (Å²) in [6, 6.07) is 25.5. The van der Waals surface area contributed by atoms with Crippen molar-refractivity contribution in [1.82, 2.24) is 19.9 Å². The van der Waals surface area contributed by atoms with Crippen molar-refractivity contribution in [3.63, 3.8) is 0 Å². The lowest BCUT2D eigenvalue weighted by Gasteiger charge is -2.10. The molecule has 1 aromatic carbocycles. The van der Waals surface area contributed by atoms with E-state index in [1.807, 2.05) is 0 Å². The van der Waals surface area contributed by atoms with Gasteiger partial charge >= 0.3 is 0 Å². The number of pyridine rings is 4. The van der Waals surface area contributed by atoms with E-state index in [-0.39, 0.29) is 45.8 Å². The van der Waals surface area contributed by atoms with Crippen LogP contribution in [0.15, 0.2) is 109 Å². The Balaban J connectivity index is 1.22. The zero-order valence-electron chi connectivity index (χ0n) is 21.8. The summed E-state index contributed by atoms with van der Waals surface area (Å²) in [6.07, 6.45) is 3.01. The monoisotopic (exact) mass is 558 g/mol. The van der Waals surface area contributed by atoms with Crippen LogP contribution in [0.1, 0.15) is 41.7 Å². The minimum absolute atomic E-state index is 0.197. The van der Waals surface area contributed by atoms with E-state index >= 15 is 0 Å². The Morgan fingerprint density at radius 3 is 1.19 bits per heavy atom. The molecule has 206 valence electrons. The second kappa shape index (κ2) is 12.7. The van der Waals surface area contributed by atoms with Gasteiger partial charge in [0, 0.05) is 23.5 Å². The third-order valence-corrected chi connectivity index (χ3v) is 5.65. The highest BCUT2D eigenvalue weighted by atomic mass is 16.2. The van der Waals surface area contributed by atoms with E-state index in [9.17, 15) is 19.2 Å². The van der Waals surface area contributed by atoms with Gasteiger partial charge in [-0.1, -0.05) is 30.3 Å². The van der Waals surface area contributed by atoms with Crippen LogP contribution in [0.25, 0.3) is 0 Å². The van der Waals surface area contributed by atoms with E-state index in [0.717, 1.165) is 0 Å². The van der Waals surface area contributed by atoms with Gasteiger partial charge in [-0.3, -0.25) is 29.1 Å². The number of hydrogen-bond acceptors (Lipinski definition) is 8. The van der Waals surface area contributed by atoms with Gasteiger partial charge in [0.1, 0.15) is 34.7 Å². The zero-order valence-corrected chi connectivity index (χ0v) is 21.8. The minimum Gasteiger partial charge on any atom is -0.306 e. The third-order valence-electron chi connectivity index (χ3n) is 5.65. The number of rotatable bonds is 8. The van der Waals surface area contributed by atoms with Crippen LogP contribution in [-0.2, 0) is 0 Å². The Morgan fingerprint density at radius 1 is 0.429 bits per heavy atom. The molecule has 0 saturated carbocycles. The number of anilines is 4. The summed E-state index contributed by atoms with van der Waals surface area (Å²) in [5.41, 5.74) is 0.855. The summed E-state index contributed by atoms with van der Waals surface area (Å²) < 4.78 is 0. The smallest absolute Gasteiger partial charge is 0.275 e. The molecule has 0 atom stereocenters. The molecule has 0 radical (unpaired) electrons. The molecule has 4 aromatic heterocycles. The Labute approximate surface area is 239 Å². The number of carbonyl (C=O) groups is 4. The first-order chi connectivity index (χ1) is 20.4. The minimum atomic E-state index is -0.511. The van der Waals surface area contributed by atoms with Crippen LogP contribution < -0.4 is 21.3 Å². The maximum atomic E-state index is 12.9. The van der Waals surface area contributed by atoms with E-state index in [4.69, 9.17) is 0 Å². The third kappa shape index (κ3) is 7.01. The first kappa shape index (κ1) is 27.3. The molecule has 42 heavy (non-hydrogen) atoms. The second-order valence-corrected chi connectivity index (χ2v) is 8.64. The Bertz CT molecular complexity index is 1640. The topological polar surface area (TPSA) is 168 Å². The van der Waals surface area contributed by atoms with E-state index < -0.39 is 23.6 Å². The van der Waals surface area contributed by atoms with Crippen LogP contribution in [-0.4, -0.2) is 43.6 Å². The maximum Gasteiger partial charge on any atom is 0.275 e. The van der Waals surface area contributed by atoms with E-state index in [1.54, 1.807) is 91.0 Å². The number of amides is 4. The van der Waals surface area contributed by atoms with E-state index in [1.165, 1.54) is 18.5 Å². The molecule has 5 aromatic rings. The predicted molar refractivity (Wildman–Crippen MR) is 155 cm³/mol. The van der Waals surface area contributed by atoms with Crippen molar-refractivity contribution in [2.24, 2.45) is 0 Å². The number of nitrogens with one attached hydrogen (secondary N) is 4. The summed E-state index contributed by atoms with van der Waals surface area (Å²) in [6.45, 7) is 0. The second-order valence-electron chi connectivity index (χ2n) is 8.64. The van der Waals surface area contributed by atoms with Gasteiger partial charge in [0.25, 0.3) is 23.6 Å². The van der Waals surface area contributed by atoms with Gasteiger partial charge in [0.2, 0.25) is 0 Å². The number of carbonyl (C=O) groups excluding carboxylic acids is 4. The average molecular weight is 559 g/mol. The van der Waals surface area contributed by atoms with Gasteiger partial charge in [0.15, 0.2) is 0 Å². The quantitative estimate of drug-likeness (QED) is 0.219. The standard InChI is InChI=1S/C30H22N8O4/c39-27(35-23-12-6-14-25(33-23)37-29(41)21-10-1-3-16-31-21)19-8-5-9-20(18-19)28(40)36-24-13-7-15-26(34-24)38-30(42)22-11-2-4-17-32-22/h1-18H,(H2,33,35,37,39,41)(H2,34,36,38,40,42). The van der Waals surface area contributed by atoms with Crippen molar-refractivity contribution >= 4 is 46.9 Å². The van der Waals surface area contributed by atoms with E-state index in [0.29, 0.717) is 0 Å². The number of aromatic nitrogens is 4. The maximum absolute atomic E-state index is 12.9. The summed E-state index contributed by atoms with van der Waals surface area (Å²) in [5.74, 6) is -1.07. The lowest BCUT2D eigenvalue weighted by Crippen LogP contribution is -2.18. The van der Waals surface area contributed by atoms with Gasteiger partial charge in [0.05, 0.1) is 0 Å². The summed E-state index contributed by atoms with van der Waals surface area (Å²) in [4.78, 5) is 67.1. The molecule has 0 fully saturated rings. The fourth-order valence-electron chi connectivity index (χ4n) is 3.68. The fourth-order valence-corrected chi connectivity index (χ4v) is 3.68. The molecule has 12 heteroatoms. The number of benzene rings is 1. The normalized spacial score (nSPS) is 10.3. The summed E-state index contributed by atoms with van der Waals surface area (Å²) in [5, 5.41) is 10.6. The van der Waals surface area contributed by atoms with Gasteiger partial charge in [-0.05, 0) is 66.7 Å². The van der Waals surface area contributed by atoms with Crippen molar-refractivity contribution < 1.29 is 19.2 Å². The molecule has 0 saturated heterocycles. The van der Waals surface area contributed by atoms with Crippen molar-refractivity contribution in [2.75, 3.05) is 21.3 Å². The highest BCUT2D eigenvalue weighted by molar-refractivity contribution is 6.09. The van der Waals surface area contributed by atoms with Crippen molar-refractivity contribution in [2.45, 2.75) is 0 Å². The molecule has 0 unspecified atom stereocenters. The molecule has 0 aliphatic carbocycles. The molecule has 0 aliphatic rings. The molecule has 0 spiro atoms. The first-order valence-corrected chi connectivity index (χ1v) is 12.6. The molecular formula is C30H22N8O4. The van der Waals surface area contributed by atoms with E-state index in [2.05, 4.69) is 41.2 Å². The number of nitrogens with zero attached hydrogens (tertiary/aromatic N) is 4. The molecule has 4 amide bonds. The summed E-state index contributed by atoms with van der Waals surface area (Å²) >= 11 is 0. The molecule has 0 aliphatic heterocycles. The lowest BCUT2D eigenvalue weighted by molar-refractivity contribution is 0.101. The Kier molecular flexibility index (Phi) is 8.25. The summed E-state index contributed by atoms with van der Waals surface area (Å²) in [7, 11) is 0. The Hall–Kier alpha value is -6.30. The molecule has 12 nitrogen and oxygen atoms in total. The molecule has 5 rings (SSSR count). The van der Waals surface area contributed by atoms with Crippen molar-refractivity contribution in [3.05, 3.63) is 132 Å².